The Kier molecular flexibility index (Phi) is 4.97. The summed E-state index contributed by atoms with van der Waals surface area (Å²) in [6.45, 7) is 6.66. The lowest BCUT2D eigenvalue weighted by atomic mass is 10.0. The van der Waals surface area contributed by atoms with Crippen LogP contribution in [-0.2, 0) is 11.3 Å². The molecular formula is C19H25N3O. The van der Waals surface area contributed by atoms with Gasteiger partial charge in [0.1, 0.15) is 0 Å². The zero-order valence-electron chi connectivity index (χ0n) is 13.9. The summed E-state index contributed by atoms with van der Waals surface area (Å²) in [5.74, 6) is 1.69. The molecule has 4 heteroatoms. The van der Waals surface area contributed by atoms with Crippen molar-refractivity contribution in [3.63, 3.8) is 0 Å². The van der Waals surface area contributed by atoms with E-state index in [1.165, 1.54) is 18.4 Å². The number of carbonyl (C=O) groups is 1. The summed E-state index contributed by atoms with van der Waals surface area (Å²) in [5, 5.41) is 8.83. The third kappa shape index (κ3) is 4.33. The van der Waals surface area contributed by atoms with Crippen molar-refractivity contribution in [1.82, 2.24) is 9.80 Å². The Balaban J connectivity index is 1.44. The predicted molar refractivity (Wildman–Crippen MR) is 89.5 cm³/mol. The van der Waals surface area contributed by atoms with E-state index in [1.54, 1.807) is 0 Å². The molecule has 1 aromatic rings. The standard InChI is InChI=1S/C19H25N3O/c1-15(18-6-7-18)12-19(23)22-10-8-21(9-11-22)14-17-4-2-16(13-20)3-5-17/h2-5,15,18H,6-12,14H2,1H3/t15-/m1/s1. The van der Waals surface area contributed by atoms with Crippen LogP contribution in [0.1, 0.15) is 37.3 Å². The number of nitrogens with zero attached hydrogens (tertiary/aromatic N) is 3. The highest BCUT2D eigenvalue weighted by Crippen LogP contribution is 2.38. The van der Waals surface area contributed by atoms with Crippen molar-refractivity contribution in [2.75, 3.05) is 26.2 Å². The first-order valence-corrected chi connectivity index (χ1v) is 8.65. The Morgan fingerprint density at radius 2 is 1.87 bits per heavy atom. The highest BCUT2D eigenvalue weighted by molar-refractivity contribution is 5.76. The number of carbonyl (C=O) groups excluding carboxylic acids is 1. The van der Waals surface area contributed by atoms with E-state index in [1.807, 2.05) is 29.2 Å². The molecule has 0 unspecified atom stereocenters. The van der Waals surface area contributed by atoms with Gasteiger partial charge in [0.2, 0.25) is 5.91 Å². The second-order valence-corrected chi connectivity index (χ2v) is 6.98. The van der Waals surface area contributed by atoms with E-state index in [-0.39, 0.29) is 0 Å². The fourth-order valence-corrected chi connectivity index (χ4v) is 3.33. The summed E-state index contributed by atoms with van der Waals surface area (Å²) >= 11 is 0. The smallest absolute Gasteiger partial charge is 0.222 e. The number of amides is 1. The molecule has 1 saturated heterocycles. The van der Waals surface area contributed by atoms with Crippen LogP contribution in [0.25, 0.3) is 0 Å². The van der Waals surface area contributed by atoms with Gasteiger partial charge in [0.05, 0.1) is 11.6 Å². The van der Waals surface area contributed by atoms with Crippen molar-refractivity contribution in [2.24, 2.45) is 11.8 Å². The number of piperazine rings is 1. The van der Waals surface area contributed by atoms with Crippen LogP contribution in [0, 0.1) is 23.2 Å². The van der Waals surface area contributed by atoms with Crippen LogP contribution in [0.5, 0.6) is 0 Å². The summed E-state index contributed by atoms with van der Waals surface area (Å²) in [6.07, 6.45) is 3.35. The van der Waals surface area contributed by atoms with Gasteiger partial charge in [-0.25, -0.2) is 0 Å². The first kappa shape index (κ1) is 16.0. The number of hydrogen-bond acceptors (Lipinski definition) is 3. The Bertz CT molecular complexity index is 578. The van der Waals surface area contributed by atoms with Gasteiger partial charge in [-0.05, 0) is 42.4 Å². The van der Waals surface area contributed by atoms with E-state index in [4.69, 9.17) is 5.26 Å². The molecule has 2 fully saturated rings. The van der Waals surface area contributed by atoms with Gasteiger partial charge in [0.25, 0.3) is 0 Å². The quantitative estimate of drug-likeness (QED) is 0.840. The topological polar surface area (TPSA) is 47.3 Å². The molecule has 23 heavy (non-hydrogen) atoms. The van der Waals surface area contributed by atoms with Gasteiger partial charge >= 0.3 is 0 Å². The monoisotopic (exact) mass is 311 g/mol. The average Bonchev–Trinajstić information content (AvgIpc) is 3.41. The van der Waals surface area contributed by atoms with Crippen molar-refractivity contribution in [3.8, 4) is 6.07 Å². The summed E-state index contributed by atoms with van der Waals surface area (Å²) in [4.78, 5) is 16.8. The summed E-state index contributed by atoms with van der Waals surface area (Å²) in [7, 11) is 0. The third-order valence-electron chi connectivity index (χ3n) is 5.14. The van der Waals surface area contributed by atoms with E-state index in [2.05, 4.69) is 17.9 Å². The number of rotatable bonds is 5. The molecule has 1 heterocycles. The molecular weight excluding hydrogens is 286 g/mol. The molecule has 1 atom stereocenters. The minimum absolute atomic E-state index is 0.336. The maximum atomic E-state index is 12.4. The van der Waals surface area contributed by atoms with Gasteiger partial charge in [-0.15, -0.1) is 0 Å². The summed E-state index contributed by atoms with van der Waals surface area (Å²) in [5.41, 5.74) is 1.93. The van der Waals surface area contributed by atoms with Crippen molar-refractivity contribution < 1.29 is 4.79 Å². The van der Waals surface area contributed by atoms with E-state index >= 15 is 0 Å². The average molecular weight is 311 g/mol. The van der Waals surface area contributed by atoms with Crippen molar-refractivity contribution in [3.05, 3.63) is 35.4 Å². The number of nitriles is 1. The lowest BCUT2D eigenvalue weighted by Crippen LogP contribution is -2.48. The highest BCUT2D eigenvalue weighted by atomic mass is 16.2. The lowest BCUT2D eigenvalue weighted by molar-refractivity contribution is -0.134. The third-order valence-corrected chi connectivity index (χ3v) is 5.14. The maximum Gasteiger partial charge on any atom is 0.222 e. The van der Waals surface area contributed by atoms with E-state index in [0.29, 0.717) is 17.4 Å². The van der Waals surface area contributed by atoms with E-state index < -0.39 is 0 Å². The molecule has 4 nitrogen and oxygen atoms in total. The highest BCUT2D eigenvalue weighted by Gasteiger charge is 2.31. The van der Waals surface area contributed by atoms with Crippen LogP contribution in [-0.4, -0.2) is 41.9 Å². The van der Waals surface area contributed by atoms with E-state index in [9.17, 15) is 4.79 Å². The first-order chi connectivity index (χ1) is 11.2. The van der Waals surface area contributed by atoms with Gasteiger partial charge in [-0.2, -0.15) is 5.26 Å². The van der Waals surface area contributed by atoms with Crippen LogP contribution in [0.2, 0.25) is 0 Å². The molecule has 122 valence electrons. The fourth-order valence-electron chi connectivity index (χ4n) is 3.33. The van der Waals surface area contributed by atoms with Crippen molar-refractivity contribution in [1.29, 1.82) is 5.26 Å². The predicted octanol–water partition coefficient (Wildman–Crippen LogP) is 2.64. The van der Waals surface area contributed by atoms with Crippen LogP contribution < -0.4 is 0 Å². The fraction of sp³-hybridized carbons (Fsp3) is 0.579. The van der Waals surface area contributed by atoms with Crippen LogP contribution >= 0.6 is 0 Å². The molecule has 1 saturated carbocycles. The molecule has 1 aliphatic heterocycles. The first-order valence-electron chi connectivity index (χ1n) is 8.65. The SMILES string of the molecule is C[C@H](CC(=O)N1CCN(Cc2ccc(C#N)cc2)CC1)C1CC1. The molecule has 0 spiro atoms. The molecule has 0 aromatic heterocycles. The molecule has 2 aliphatic rings. The minimum Gasteiger partial charge on any atom is -0.340 e. The van der Waals surface area contributed by atoms with E-state index in [0.717, 1.165) is 45.1 Å². The Hall–Kier alpha value is -1.86. The second kappa shape index (κ2) is 7.14. The zero-order valence-corrected chi connectivity index (χ0v) is 13.9. The Labute approximate surface area is 138 Å². The maximum absolute atomic E-state index is 12.4. The van der Waals surface area contributed by atoms with Crippen LogP contribution in [0.15, 0.2) is 24.3 Å². The minimum atomic E-state index is 0.336. The van der Waals surface area contributed by atoms with Crippen molar-refractivity contribution >= 4 is 5.91 Å². The van der Waals surface area contributed by atoms with Gasteiger partial charge < -0.3 is 4.90 Å². The number of hydrogen-bond donors (Lipinski definition) is 0. The zero-order chi connectivity index (χ0) is 16.2. The lowest BCUT2D eigenvalue weighted by Gasteiger charge is -2.35. The second-order valence-electron chi connectivity index (χ2n) is 6.98. The Morgan fingerprint density at radius 1 is 1.22 bits per heavy atom. The molecule has 1 aromatic carbocycles. The summed E-state index contributed by atoms with van der Waals surface area (Å²) < 4.78 is 0. The largest absolute Gasteiger partial charge is 0.340 e. The van der Waals surface area contributed by atoms with Gasteiger partial charge in [0.15, 0.2) is 0 Å². The Morgan fingerprint density at radius 3 is 2.43 bits per heavy atom. The van der Waals surface area contributed by atoms with Crippen molar-refractivity contribution in [2.45, 2.75) is 32.7 Å². The normalized spacial score (nSPS) is 20.1. The molecule has 1 aliphatic carbocycles. The molecule has 0 radical (unpaired) electrons. The molecule has 0 bridgehead atoms. The van der Waals surface area contributed by atoms with Crippen LogP contribution in [0.3, 0.4) is 0 Å². The van der Waals surface area contributed by atoms with Gasteiger partial charge in [-0.3, -0.25) is 9.69 Å². The molecule has 3 rings (SSSR count). The summed E-state index contributed by atoms with van der Waals surface area (Å²) in [6, 6.07) is 9.93. The van der Waals surface area contributed by atoms with Gasteiger partial charge in [0, 0.05) is 39.1 Å². The molecule has 0 N–H and O–H groups in total. The molecule has 1 amide bonds. The van der Waals surface area contributed by atoms with Crippen LogP contribution in [0.4, 0.5) is 0 Å². The van der Waals surface area contributed by atoms with Gasteiger partial charge in [-0.1, -0.05) is 19.1 Å². The number of benzene rings is 1.